The highest BCUT2D eigenvalue weighted by Crippen LogP contribution is 2.53. The predicted molar refractivity (Wildman–Crippen MR) is 53.7 cm³/mol. The zero-order chi connectivity index (χ0) is 10.3. The molecule has 1 N–H and O–H groups in total. The fraction of sp³-hybridized carbons (Fsp3) is 0.273. The first-order chi connectivity index (χ1) is 7.34. The van der Waals surface area contributed by atoms with Gasteiger partial charge in [0.05, 0.1) is 0 Å². The van der Waals surface area contributed by atoms with Crippen molar-refractivity contribution in [2.75, 3.05) is 0 Å². The molecule has 1 aliphatic rings. The summed E-state index contributed by atoms with van der Waals surface area (Å²) in [6, 6.07) is 10.2. The van der Waals surface area contributed by atoms with E-state index in [1.165, 1.54) is 5.56 Å². The molecule has 76 valence electrons. The van der Waals surface area contributed by atoms with Crippen LogP contribution in [0, 0.1) is 0 Å². The molecule has 1 saturated carbocycles. The number of rotatable bonds is 2. The molecule has 2 atom stereocenters. The summed E-state index contributed by atoms with van der Waals surface area (Å²) in [4.78, 5) is 10.8. The van der Waals surface area contributed by atoms with Crippen LogP contribution in [-0.4, -0.2) is 10.2 Å². The van der Waals surface area contributed by atoms with Gasteiger partial charge >= 0.3 is 5.76 Å². The van der Waals surface area contributed by atoms with Crippen LogP contribution in [0.2, 0.25) is 0 Å². The van der Waals surface area contributed by atoms with Gasteiger partial charge in [0.1, 0.15) is 0 Å². The number of H-pyrrole nitrogens is 1. The first kappa shape index (κ1) is 8.47. The minimum atomic E-state index is -0.469. The number of nitrogens with zero attached hydrogens (tertiary/aromatic N) is 1. The summed E-state index contributed by atoms with van der Waals surface area (Å²) >= 11 is 0. The van der Waals surface area contributed by atoms with E-state index in [1.807, 2.05) is 18.2 Å². The zero-order valence-corrected chi connectivity index (χ0v) is 8.01. The van der Waals surface area contributed by atoms with Gasteiger partial charge in [-0.1, -0.05) is 30.3 Å². The molecule has 0 saturated heterocycles. The summed E-state index contributed by atoms with van der Waals surface area (Å²) in [5.41, 5.74) is 1.29. The van der Waals surface area contributed by atoms with Crippen LogP contribution in [0.3, 0.4) is 0 Å². The van der Waals surface area contributed by atoms with Crippen LogP contribution in [0.4, 0.5) is 0 Å². The maximum absolute atomic E-state index is 10.8. The predicted octanol–water partition coefficient (Wildman–Crippen LogP) is 1.63. The molecule has 0 bridgehead atoms. The topological polar surface area (TPSA) is 58.9 Å². The Labute approximate surface area is 85.9 Å². The zero-order valence-electron chi connectivity index (χ0n) is 8.01. The minimum absolute atomic E-state index is 0.270. The van der Waals surface area contributed by atoms with Crippen LogP contribution in [0.25, 0.3) is 0 Å². The summed E-state index contributed by atoms with van der Waals surface area (Å²) in [6.07, 6.45) is 1.01. The molecule has 15 heavy (non-hydrogen) atoms. The molecule has 0 spiro atoms. The number of benzene rings is 1. The Bertz CT molecular complexity index is 515. The third-order valence-corrected chi connectivity index (χ3v) is 2.79. The molecule has 2 unspecified atom stereocenters. The highest BCUT2D eigenvalue weighted by atomic mass is 16.4. The van der Waals surface area contributed by atoms with Crippen LogP contribution in [0.1, 0.15) is 29.7 Å². The van der Waals surface area contributed by atoms with Gasteiger partial charge in [-0.15, -0.1) is 5.10 Å². The highest BCUT2D eigenvalue weighted by Gasteiger charge is 2.43. The Hall–Kier alpha value is -1.84. The van der Waals surface area contributed by atoms with E-state index >= 15 is 0 Å². The SMILES string of the molecule is O=c1[nH]nc(C2CC2c2ccccc2)o1. The Morgan fingerprint density at radius 2 is 2.07 bits per heavy atom. The molecule has 1 aromatic carbocycles. The van der Waals surface area contributed by atoms with Gasteiger partial charge < -0.3 is 4.42 Å². The van der Waals surface area contributed by atoms with Gasteiger partial charge in [-0.3, -0.25) is 0 Å². The van der Waals surface area contributed by atoms with E-state index in [9.17, 15) is 4.79 Å². The Balaban J connectivity index is 1.83. The fourth-order valence-electron chi connectivity index (χ4n) is 1.94. The van der Waals surface area contributed by atoms with Crippen LogP contribution >= 0.6 is 0 Å². The molecule has 4 nitrogen and oxygen atoms in total. The summed E-state index contributed by atoms with van der Waals surface area (Å²) in [5.74, 6) is 0.793. The number of nitrogens with one attached hydrogen (secondary N) is 1. The van der Waals surface area contributed by atoms with Crippen molar-refractivity contribution < 1.29 is 4.42 Å². The quantitative estimate of drug-likeness (QED) is 0.805. The third-order valence-electron chi connectivity index (χ3n) is 2.79. The van der Waals surface area contributed by atoms with E-state index in [2.05, 4.69) is 22.3 Å². The number of aromatic nitrogens is 2. The maximum Gasteiger partial charge on any atom is 0.434 e. The van der Waals surface area contributed by atoms with Crippen LogP contribution in [0.15, 0.2) is 39.5 Å². The Morgan fingerprint density at radius 3 is 2.73 bits per heavy atom. The summed E-state index contributed by atoms with van der Waals surface area (Å²) < 4.78 is 4.94. The van der Waals surface area contributed by atoms with Gasteiger partial charge in [0.15, 0.2) is 0 Å². The van der Waals surface area contributed by atoms with Gasteiger partial charge in [-0.25, -0.2) is 9.89 Å². The molecule has 1 aromatic heterocycles. The molecular weight excluding hydrogens is 192 g/mol. The molecular formula is C11H10N2O2. The first-order valence-corrected chi connectivity index (χ1v) is 4.95. The largest absolute Gasteiger partial charge is 0.434 e. The average Bonchev–Trinajstić information content (AvgIpc) is 2.96. The van der Waals surface area contributed by atoms with Crippen molar-refractivity contribution in [3.63, 3.8) is 0 Å². The lowest BCUT2D eigenvalue weighted by molar-refractivity contribution is 0.461. The second kappa shape index (κ2) is 3.08. The molecule has 1 fully saturated rings. The average molecular weight is 202 g/mol. The molecule has 0 radical (unpaired) electrons. The van der Waals surface area contributed by atoms with E-state index in [-0.39, 0.29) is 5.92 Å². The molecule has 0 aliphatic heterocycles. The minimum Gasteiger partial charge on any atom is -0.392 e. The Morgan fingerprint density at radius 1 is 1.27 bits per heavy atom. The van der Waals surface area contributed by atoms with Crippen LogP contribution in [-0.2, 0) is 0 Å². The van der Waals surface area contributed by atoms with E-state index < -0.39 is 5.76 Å². The first-order valence-electron chi connectivity index (χ1n) is 4.95. The van der Waals surface area contributed by atoms with E-state index in [0.29, 0.717) is 11.8 Å². The lowest BCUT2D eigenvalue weighted by Crippen LogP contribution is -1.93. The fourth-order valence-corrected chi connectivity index (χ4v) is 1.94. The maximum atomic E-state index is 10.8. The van der Waals surface area contributed by atoms with Gasteiger partial charge in [0, 0.05) is 5.92 Å². The number of hydrogen-bond donors (Lipinski definition) is 1. The monoisotopic (exact) mass is 202 g/mol. The van der Waals surface area contributed by atoms with Crippen molar-refractivity contribution in [1.82, 2.24) is 10.2 Å². The molecule has 2 aromatic rings. The molecule has 0 amide bonds. The summed E-state index contributed by atoms with van der Waals surface area (Å²) in [7, 11) is 0. The van der Waals surface area contributed by atoms with Gasteiger partial charge in [0.25, 0.3) is 0 Å². The van der Waals surface area contributed by atoms with Gasteiger partial charge in [-0.2, -0.15) is 0 Å². The number of aromatic amines is 1. The molecule has 4 heteroatoms. The van der Waals surface area contributed by atoms with Crippen LogP contribution in [0.5, 0.6) is 0 Å². The van der Waals surface area contributed by atoms with Crippen molar-refractivity contribution in [1.29, 1.82) is 0 Å². The van der Waals surface area contributed by atoms with Crippen LogP contribution < -0.4 is 5.76 Å². The molecule has 1 heterocycles. The normalized spacial score (nSPS) is 24.0. The lowest BCUT2D eigenvalue weighted by atomic mass is 10.1. The Kier molecular flexibility index (Phi) is 1.74. The standard InChI is InChI=1S/C11H10N2O2/c14-11-13-12-10(15-11)9-6-8(9)7-4-2-1-3-5-7/h1-5,8-9H,6H2,(H,13,14). The van der Waals surface area contributed by atoms with E-state index in [1.54, 1.807) is 0 Å². The molecule has 1 aliphatic carbocycles. The summed E-state index contributed by atoms with van der Waals surface area (Å²) in [6.45, 7) is 0. The van der Waals surface area contributed by atoms with Crippen molar-refractivity contribution in [3.8, 4) is 0 Å². The summed E-state index contributed by atoms with van der Waals surface area (Å²) in [5, 5.41) is 6.14. The third kappa shape index (κ3) is 1.48. The van der Waals surface area contributed by atoms with Crippen molar-refractivity contribution in [2.24, 2.45) is 0 Å². The van der Waals surface area contributed by atoms with Crippen molar-refractivity contribution >= 4 is 0 Å². The lowest BCUT2D eigenvalue weighted by Gasteiger charge is -1.95. The van der Waals surface area contributed by atoms with Crippen molar-refractivity contribution in [2.45, 2.75) is 18.3 Å². The van der Waals surface area contributed by atoms with Gasteiger partial charge in [-0.05, 0) is 17.9 Å². The number of hydrogen-bond acceptors (Lipinski definition) is 3. The molecule has 3 rings (SSSR count). The second-order valence-corrected chi connectivity index (χ2v) is 3.81. The highest BCUT2D eigenvalue weighted by molar-refractivity contribution is 5.30. The van der Waals surface area contributed by atoms with E-state index in [4.69, 9.17) is 4.42 Å². The van der Waals surface area contributed by atoms with E-state index in [0.717, 1.165) is 6.42 Å². The smallest absolute Gasteiger partial charge is 0.392 e. The van der Waals surface area contributed by atoms with Crippen molar-refractivity contribution in [3.05, 3.63) is 52.3 Å². The van der Waals surface area contributed by atoms with Gasteiger partial charge in [0.2, 0.25) is 5.89 Å². The second-order valence-electron chi connectivity index (χ2n) is 3.81.